The van der Waals surface area contributed by atoms with E-state index in [9.17, 15) is 10.2 Å². The zero-order valence-electron chi connectivity index (χ0n) is 27.3. The second-order valence-electron chi connectivity index (χ2n) is 4.97. The summed E-state index contributed by atoms with van der Waals surface area (Å²) in [7, 11) is 0. The van der Waals surface area contributed by atoms with Gasteiger partial charge < -0.3 is 15.9 Å². The summed E-state index contributed by atoms with van der Waals surface area (Å²) in [6.45, 7) is -4.62. The molecule has 0 aromatic heterocycles. The van der Waals surface area contributed by atoms with Gasteiger partial charge in [-0.2, -0.15) is 0 Å². The topological polar surface area (TPSA) is 66.5 Å². The van der Waals surface area contributed by atoms with Crippen LogP contribution in [-0.4, -0.2) is 29.0 Å². The van der Waals surface area contributed by atoms with Crippen molar-refractivity contribution < 1.29 is 30.8 Å². The Morgan fingerprint density at radius 2 is 1.50 bits per heavy atom. The summed E-state index contributed by atoms with van der Waals surface area (Å²) in [5.74, 6) is 0. The van der Waals surface area contributed by atoms with Gasteiger partial charge in [0.25, 0.3) is 0 Å². The molecule has 22 heavy (non-hydrogen) atoms. The van der Waals surface area contributed by atoms with E-state index in [0.29, 0.717) is 12.0 Å². The molecule has 0 radical (unpaired) electrons. The third-order valence-corrected chi connectivity index (χ3v) is 3.20. The smallest absolute Gasteiger partial charge is 0.0633 e. The fourth-order valence-electron chi connectivity index (χ4n) is 1.71. The predicted molar refractivity (Wildman–Crippen MR) is 92.9 cm³/mol. The van der Waals surface area contributed by atoms with Crippen LogP contribution in [0.5, 0.6) is 0 Å². The summed E-state index contributed by atoms with van der Waals surface area (Å²) in [6, 6.07) is 5.92. The Morgan fingerprint density at radius 1 is 0.955 bits per heavy atom. The monoisotopic (exact) mass is 322 g/mol. The molecule has 0 bridgehead atoms. The minimum absolute atomic E-state index is 0.179. The summed E-state index contributed by atoms with van der Waals surface area (Å²) in [5.41, 5.74) is 5.50. The Labute approximate surface area is 156 Å². The Hall–Kier alpha value is -0.900. The first-order valence-corrected chi connectivity index (χ1v) is 6.86. The van der Waals surface area contributed by atoms with Crippen LogP contribution in [-0.2, 0) is 12.8 Å². The SMILES string of the molecule is [2H]C([2H])([2H])C([2H])([2H])C([2H])([2H])C([2H])([2H])C([2H])([2H])C([2H])([2H])C([2H])([2H])Cc1ccc(CCC(N)(CO)CO)cc1. The molecule has 1 aromatic rings. The first-order valence-electron chi connectivity index (χ1n) is 14.4. The van der Waals surface area contributed by atoms with E-state index in [0.717, 1.165) is 0 Å². The predicted octanol–water partition coefficient (Wildman–Crippen LogP) is 3.20. The summed E-state index contributed by atoms with van der Waals surface area (Å²) in [6.07, 6.45) is -23.3. The summed E-state index contributed by atoms with van der Waals surface area (Å²) in [4.78, 5) is 0. The van der Waals surface area contributed by atoms with Gasteiger partial charge in [-0.15, -0.1) is 0 Å². The molecule has 0 aliphatic rings. The van der Waals surface area contributed by atoms with Crippen LogP contribution in [0.3, 0.4) is 0 Å². The lowest BCUT2D eigenvalue weighted by molar-refractivity contribution is 0.115. The highest BCUT2D eigenvalue weighted by Crippen LogP contribution is 2.14. The number of nitrogens with two attached hydrogens (primary N) is 1. The van der Waals surface area contributed by atoms with Crippen molar-refractivity contribution in [1.82, 2.24) is 0 Å². The van der Waals surface area contributed by atoms with Crippen LogP contribution >= 0.6 is 0 Å². The number of benzene rings is 1. The van der Waals surface area contributed by atoms with Crippen LogP contribution in [0, 0.1) is 0 Å². The minimum atomic E-state index is -4.13. The van der Waals surface area contributed by atoms with E-state index in [1.165, 1.54) is 12.1 Å². The molecule has 0 heterocycles. The molecule has 0 unspecified atom stereocenters. The molecular formula is C19H33NO2. The van der Waals surface area contributed by atoms with Gasteiger partial charge in [-0.3, -0.25) is 0 Å². The molecule has 0 aliphatic heterocycles. The Balaban J connectivity index is 3.27. The fraction of sp³-hybridized carbons (Fsp3) is 0.684. The summed E-state index contributed by atoms with van der Waals surface area (Å²) in [5, 5.41) is 18.6. The maximum Gasteiger partial charge on any atom is 0.0633 e. The number of aliphatic hydroxyl groups is 2. The van der Waals surface area contributed by atoms with E-state index in [1.807, 2.05) is 0 Å². The first-order chi connectivity index (χ1) is 16.3. The van der Waals surface area contributed by atoms with Crippen molar-refractivity contribution in [3.05, 3.63) is 35.4 Å². The van der Waals surface area contributed by atoms with E-state index in [-0.39, 0.29) is 12.0 Å². The highest BCUT2D eigenvalue weighted by Gasteiger charge is 2.22. The van der Waals surface area contributed by atoms with Crippen LogP contribution in [0.15, 0.2) is 24.3 Å². The normalized spacial score (nSPS) is 26.4. The third kappa shape index (κ3) is 7.39. The fourth-order valence-corrected chi connectivity index (χ4v) is 1.71. The van der Waals surface area contributed by atoms with Gasteiger partial charge in [-0.1, -0.05) is 63.0 Å². The average Bonchev–Trinajstić information content (AvgIpc) is 2.76. The van der Waals surface area contributed by atoms with E-state index >= 15 is 0 Å². The van der Waals surface area contributed by atoms with Crippen molar-refractivity contribution in [2.75, 3.05) is 13.2 Å². The molecule has 0 amide bonds. The Bertz CT molecular complexity index is 909. The van der Waals surface area contributed by atoms with Crippen LogP contribution in [0.4, 0.5) is 0 Å². The molecule has 0 saturated heterocycles. The zero-order chi connectivity index (χ0) is 29.5. The average molecular weight is 323 g/mol. The minimum Gasteiger partial charge on any atom is -0.394 e. The second-order valence-corrected chi connectivity index (χ2v) is 4.97. The van der Waals surface area contributed by atoms with Crippen LogP contribution in [0.25, 0.3) is 0 Å². The van der Waals surface area contributed by atoms with Crippen molar-refractivity contribution in [1.29, 1.82) is 0 Å². The molecule has 0 spiro atoms. The van der Waals surface area contributed by atoms with Gasteiger partial charge >= 0.3 is 0 Å². The van der Waals surface area contributed by atoms with Gasteiger partial charge in [0.05, 0.1) is 18.8 Å². The molecule has 1 rings (SSSR count). The van der Waals surface area contributed by atoms with E-state index in [1.54, 1.807) is 12.1 Å². The number of hydrogen-bond acceptors (Lipinski definition) is 3. The lowest BCUT2D eigenvalue weighted by atomic mass is 9.93. The largest absolute Gasteiger partial charge is 0.394 e. The van der Waals surface area contributed by atoms with Gasteiger partial charge in [0.2, 0.25) is 0 Å². The molecular weight excluding hydrogens is 274 g/mol. The zero-order valence-corrected chi connectivity index (χ0v) is 12.3. The molecule has 0 saturated carbocycles. The van der Waals surface area contributed by atoms with Gasteiger partial charge in [0.15, 0.2) is 0 Å². The molecule has 0 aliphatic carbocycles. The number of rotatable bonds is 12. The van der Waals surface area contributed by atoms with Crippen LogP contribution in [0.1, 0.15) is 83.2 Å². The standard InChI is InChI=1S/C19H33NO2/c1-2-3-4-5-6-7-8-17-9-11-18(12-10-17)13-14-19(20,15-21)16-22/h9-12,21-22H,2-8,13-16,20H2,1H3/i1D3,2D2,3D2,4D2,5D2,6D2,7D2. The number of aliphatic hydroxyl groups excluding tert-OH is 2. The van der Waals surface area contributed by atoms with Gasteiger partial charge in [0.1, 0.15) is 0 Å². The number of hydrogen-bond donors (Lipinski definition) is 3. The molecule has 4 N–H and O–H groups in total. The highest BCUT2D eigenvalue weighted by molar-refractivity contribution is 5.23. The van der Waals surface area contributed by atoms with Crippen molar-refractivity contribution in [3.8, 4) is 0 Å². The molecule has 3 nitrogen and oxygen atoms in total. The van der Waals surface area contributed by atoms with Crippen molar-refractivity contribution in [3.63, 3.8) is 0 Å². The quantitative estimate of drug-likeness (QED) is 0.553. The Morgan fingerprint density at radius 3 is 2.09 bits per heavy atom. The highest BCUT2D eigenvalue weighted by atomic mass is 16.3. The molecule has 1 aromatic carbocycles. The van der Waals surface area contributed by atoms with Crippen molar-refractivity contribution in [2.45, 2.75) is 69.9 Å². The van der Waals surface area contributed by atoms with Crippen molar-refractivity contribution in [2.24, 2.45) is 5.73 Å². The van der Waals surface area contributed by atoms with Crippen LogP contribution < -0.4 is 5.73 Å². The van der Waals surface area contributed by atoms with Gasteiger partial charge in [-0.25, -0.2) is 0 Å². The maximum atomic E-state index is 9.28. The lowest BCUT2D eigenvalue weighted by Crippen LogP contribution is -2.47. The van der Waals surface area contributed by atoms with Gasteiger partial charge in [0, 0.05) is 20.6 Å². The van der Waals surface area contributed by atoms with Crippen LogP contribution in [0.2, 0.25) is 0 Å². The first kappa shape index (κ1) is 6.54. The maximum absolute atomic E-state index is 9.28. The molecule has 126 valence electrons. The molecule has 0 atom stereocenters. The lowest BCUT2D eigenvalue weighted by Gasteiger charge is -2.24. The number of aryl methyl sites for hydroxylation is 2. The Kier molecular flexibility index (Phi) is 3.20. The molecule has 0 fully saturated rings. The molecule has 3 heteroatoms. The second kappa shape index (κ2) is 10.8. The summed E-state index contributed by atoms with van der Waals surface area (Å²) < 4.78 is 118. The summed E-state index contributed by atoms with van der Waals surface area (Å²) >= 11 is 0. The van der Waals surface area contributed by atoms with E-state index in [2.05, 4.69) is 0 Å². The third-order valence-electron chi connectivity index (χ3n) is 3.20. The van der Waals surface area contributed by atoms with E-state index in [4.69, 9.17) is 26.3 Å². The van der Waals surface area contributed by atoms with Crippen molar-refractivity contribution >= 4 is 0 Å². The van der Waals surface area contributed by atoms with Gasteiger partial charge in [-0.05, 0) is 36.8 Å². The van der Waals surface area contributed by atoms with E-state index < -0.39 is 70.3 Å².